The summed E-state index contributed by atoms with van der Waals surface area (Å²) in [5.74, 6) is -1.24. The zero-order valence-corrected chi connectivity index (χ0v) is 15.5. The lowest BCUT2D eigenvalue weighted by Crippen LogP contribution is -2.27. The third kappa shape index (κ3) is 4.18. The Morgan fingerprint density at radius 2 is 1.76 bits per heavy atom. The number of rotatable bonds is 8. The number of esters is 1. The first-order chi connectivity index (χ1) is 12.0. The average molecular weight is 367 g/mol. The molecule has 1 heterocycles. The number of nitrogens with zero attached hydrogens (tertiary/aromatic N) is 1. The van der Waals surface area contributed by atoms with Crippen LogP contribution in [0.1, 0.15) is 19.4 Å². The molecular weight excluding hydrogens is 345 g/mol. The molecule has 0 saturated heterocycles. The van der Waals surface area contributed by atoms with E-state index >= 15 is 0 Å². The quantitative estimate of drug-likeness (QED) is 0.519. The topological polar surface area (TPSA) is 82.1 Å². The molecule has 0 radical (unpaired) electrons. The van der Waals surface area contributed by atoms with Crippen LogP contribution >= 0.6 is 7.60 Å². The van der Waals surface area contributed by atoms with Gasteiger partial charge in [-0.05, 0) is 19.4 Å². The van der Waals surface area contributed by atoms with E-state index in [-0.39, 0.29) is 37.2 Å². The van der Waals surface area contributed by atoms with Gasteiger partial charge in [0.25, 0.3) is 5.91 Å². The lowest BCUT2D eigenvalue weighted by molar-refractivity contribution is -0.136. The second kappa shape index (κ2) is 8.43. The van der Waals surface area contributed by atoms with Crippen LogP contribution in [0.15, 0.2) is 41.2 Å². The molecule has 0 aromatic heterocycles. The fraction of sp³-hybridized carbons (Fsp3) is 0.412. The maximum absolute atomic E-state index is 13.1. The van der Waals surface area contributed by atoms with Crippen molar-refractivity contribution in [3.8, 4) is 0 Å². The van der Waals surface area contributed by atoms with Gasteiger partial charge in [-0.15, -0.1) is 0 Å². The molecule has 0 bridgehead atoms. The zero-order chi connectivity index (χ0) is 18.4. The number of benzene rings is 1. The van der Waals surface area contributed by atoms with E-state index in [1.54, 1.807) is 13.8 Å². The molecule has 0 unspecified atom stereocenters. The molecule has 1 aliphatic heterocycles. The maximum atomic E-state index is 13.1. The van der Waals surface area contributed by atoms with E-state index in [0.29, 0.717) is 0 Å². The van der Waals surface area contributed by atoms with Crippen molar-refractivity contribution < 1.29 is 27.9 Å². The van der Waals surface area contributed by atoms with Crippen LogP contribution in [0.5, 0.6) is 0 Å². The Morgan fingerprint density at radius 1 is 1.16 bits per heavy atom. The molecule has 1 aromatic carbocycles. The minimum Gasteiger partial charge on any atom is -0.466 e. The molecule has 2 rings (SSSR count). The zero-order valence-electron chi connectivity index (χ0n) is 14.6. The molecule has 136 valence electrons. The largest absolute Gasteiger partial charge is 0.466 e. The van der Waals surface area contributed by atoms with Crippen molar-refractivity contribution >= 4 is 19.5 Å². The number of amides is 1. The number of carbonyl (C=O) groups is 2. The van der Waals surface area contributed by atoms with Gasteiger partial charge >= 0.3 is 13.6 Å². The van der Waals surface area contributed by atoms with Crippen LogP contribution in [0.25, 0.3) is 0 Å². The Morgan fingerprint density at radius 3 is 2.28 bits per heavy atom. The lowest BCUT2D eigenvalue weighted by atomic mass is 10.2. The van der Waals surface area contributed by atoms with Gasteiger partial charge < -0.3 is 18.7 Å². The maximum Gasteiger partial charge on any atom is 0.367 e. The van der Waals surface area contributed by atoms with E-state index in [0.717, 1.165) is 5.56 Å². The smallest absolute Gasteiger partial charge is 0.367 e. The third-order valence-corrected chi connectivity index (χ3v) is 5.85. The highest BCUT2D eigenvalue weighted by Crippen LogP contribution is 2.59. The van der Waals surface area contributed by atoms with Crippen molar-refractivity contribution in [1.82, 2.24) is 4.90 Å². The van der Waals surface area contributed by atoms with Crippen molar-refractivity contribution in [2.45, 2.75) is 20.4 Å². The molecule has 7 nitrogen and oxygen atoms in total. The van der Waals surface area contributed by atoms with Crippen LogP contribution in [-0.2, 0) is 34.5 Å². The first-order valence-corrected chi connectivity index (χ1v) is 9.55. The molecule has 0 fully saturated rings. The van der Waals surface area contributed by atoms with Crippen molar-refractivity contribution in [2.75, 3.05) is 26.9 Å². The highest BCUT2D eigenvalue weighted by molar-refractivity contribution is 7.60. The minimum absolute atomic E-state index is 0.000126. The summed E-state index contributed by atoms with van der Waals surface area (Å²) in [4.78, 5) is 26.4. The molecule has 25 heavy (non-hydrogen) atoms. The van der Waals surface area contributed by atoms with Gasteiger partial charge in [0.2, 0.25) is 0 Å². The van der Waals surface area contributed by atoms with Crippen LogP contribution in [0.3, 0.4) is 0 Å². The number of carbonyl (C=O) groups excluding carboxylic acids is 2. The van der Waals surface area contributed by atoms with E-state index in [9.17, 15) is 14.2 Å². The molecule has 0 atom stereocenters. The Balaban J connectivity index is 2.39. The molecule has 0 saturated carbocycles. The van der Waals surface area contributed by atoms with Gasteiger partial charge in [0.05, 0.1) is 32.4 Å². The van der Waals surface area contributed by atoms with Gasteiger partial charge in [-0.3, -0.25) is 9.36 Å². The van der Waals surface area contributed by atoms with Gasteiger partial charge in [-0.2, -0.15) is 0 Å². The monoisotopic (exact) mass is 367 g/mol. The fourth-order valence-corrected chi connectivity index (χ4v) is 4.50. The van der Waals surface area contributed by atoms with Crippen molar-refractivity contribution in [2.24, 2.45) is 0 Å². The van der Waals surface area contributed by atoms with Crippen LogP contribution < -0.4 is 0 Å². The summed E-state index contributed by atoms with van der Waals surface area (Å²) in [7, 11) is -2.69. The first-order valence-electron chi connectivity index (χ1n) is 8.01. The van der Waals surface area contributed by atoms with Crippen LogP contribution in [0, 0.1) is 0 Å². The number of methoxy groups -OCH3 is 1. The van der Waals surface area contributed by atoms with E-state index < -0.39 is 19.5 Å². The lowest BCUT2D eigenvalue weighted by Gasteiger charge is -2.20. The molecule has 0 spiro atoms. The van der Waals surface area contributed by atoms with Gasteiger partial charge in [-0.25, -0.2) is 4.79 Å². The molecule has 1 amide bonds. The summed E-state index contributed by atoms with van der Waals surface area (Å²) < 4.78 is 28.4. The predicted molar refractivity (Wildman–Crippen MR) is 91.8 cm³/mol. The number of hydrogen-bond acceptors (Lipinski definition) is 6. The van der Waals surface area contributed by atoms with Crippen molar-refractivity contribution in [3.05, 3.63) is 46.8 Å². The Bertz CT molecular complexity index is 705. The SMILES string of the molecule is CCOP(=O)(OCC)C1=C(C(=O)OC)CN(Cc2ccccc2)C1=O. The third-order valence-electron chi connectivity index (χ3n) is 3.64. The van der Waals surface area contributed by atoms with Gasteiger partial charge in [0, 0.05) is 6.54 Å². The number of hydrogen-bond donors (Lipinski definition) is 0. The van der Waals surface area contributed by atoms with E-state index in [1.807, 2.05) is 30.3 Å². The summed E-state index contributed by atoms with van der Waals surface area (Å²) in [6.07, 6.45) is 0. The Hall–Kier alpha value is -1.95. The van der Waals surface area contributed by atoms with Crippen LogP contribution in [0.2, 0.25) is 0 Å². The summed E-state index contributed by atoms with van der Waals surface area (Å²) in [6, 6.07) is 9.33. The average Bonchev–Trinajstić information content (AvgIpc) is 2.93. The molecule has 0 aliphatic carbocycles. The fourth-order valence-electron chi connectivity index (χ4n) is 2.62. The van der Waals surface area contributed by atoms with E-state index in [2.05, 4.69) is 0 Å². The summed E-state index contributed by atoms with van der Waals surface area (Å²) in [5, 5.41) is -0.223. The molecular formula is C17H22NO6P. The predicted octanol–water partition coefficient (Wildman–Crippen LogP) is 2.72. The highest BCUT2D eigenvalue weighted by atomic mass is 31.2. The van der Waals surface area contributed by atoms with Gasteiger partial charge in [0.15, 0.2) is 0 Å². The summed E-state index contributed by atoms with van der Waals surface area (Å²) in [6.45, 7) is 3.74. The van der Waals surface area contributed by atoms with E-state index in [1.165, 1.54) is 12.0 Å². The Labute approximate surface area is 147 Å². The molecule has 8 heteroatoms. The second-order valence-corrected chi connectivity index (χ2v) is 7.26. The minimum atomic E-state index is -3.90. The summed E-state index contributed by atoms with van der Waals surface area (Å²) >= 11 is 0. The van der Waals surface area contributed by atoms with Crippen molar-refractivity contribution in [3.63, 3.8) is 0 Å². The number of ether oxygens (including phenoxy) is 1. The molecule has 0 N–H and O–H groups in total. The van der Waals surface area contributed by atoms with E-state index in [4.69, 9.17) is 13.8 Å². The Kier molecular flexibility index (Phi) is 6.53. The van der Waals surface area contributed by atoms with Gasteiger partial charge in [-0.1, -0.05) is 30.3 Å². The normalized spacial score (nSPS) is 15.0. The first kappa shape index (κ1) is 19.4. The molecule has 1 aliphatic rings. The van der Waals surface area contributed by atoms with Gasteiger partial charge in [0.1, 0.15) is 5.31 Å². The standard InChI is InChI=1S/C17H22NO6P/c1-4-23-25(21,24-5-2)15-14(17(20)22-3)12-18(16(15)19)11-13-9-7-6-8-10-13/h6-10H,4-5,11-12H2,1-3H3. The van der Waals surface area contributed by atoms with Crippen LogP contribution in [0.4, 0.5) is 0 Å². The highest BCUT2D eigenvalue weighted by Gasteiger charge is 2.46. The van der Waals surface area contributed by atoms with Crippen LogP contribution in [-0.4, -0.2) is 43.6 Å². The molecule has 1 aromatic rings. The van der Waals surface area contributed by atoms with Crippen molar-refractivity contribution in [1.29, 1.82) is 0 Å². The second-order valence-electron chi connectivity index (χ2n) is 5.30. The summed E-state index contributed by atoms with van der Waals surface area (Å²) in [5.41, 5.74) is 0.914.